The van der Waals surface area contributed by atoms with Crippen molar-refractivity contribution in [1.82, 2.24) is 0 Å². The van der Waals surface area contributed by atoms with Crippen LogP contribution in [0.25, 0.3) is 10.8 Å². The van der Waals surface area contributed by atoms with Crippen LogP contribution in [0, 0.1) is 10.1 Å². The molecule has 0 saturated carbocycles. The number of hydrogen-bond donors (Lipinski definition) is 1. The highest BCUT2D eigenvalue weighted by molar-refractivity contribution is 5.93. The highest BCUT2D eigenvalue weighted by Gasteiger charge is 2.40. The van der Waals surface area contributed by atoms with Crippen LogP contribution in [0.4, 0.5) is 18.9 Å². The van der Waals surface area contributed by atoms with Gasteiger partial charge in [-0.2, -0.15) is 13.2 Å². The van der Waals surface area contributed by atoms with Gasteiger partial charge in [-0.1, -0.05) is 18.2 Å². The fourth-order valence-electron chi connectivity index (χ4n) is 1.88. The van der Waals surface area contributed by atoms with Crippen LogP contribution in [0.2, 0.25) is 0 Å². The van der Waals surface area contributed by atoms with Gasteiger partial charge in [0.1, 0.15) is 0 Å². The predicted octanol–water partition coefficient (Wildman–Crippen LogP) is 3.34. The van der Waals surface area contributed by atoms with E-state index in [9.17, 15) is 28.4 Å². The van der Waals surface area contributed by atoms with Gasteiger partial charge in [0.25, 0.3) is 5.69 Å². The number of alkyl halides is 3. The zero-order valence-electron chi connectivity index (χ0n) is 9.39. The van der Waals surface area contributed by atoms with Gasteiger partial charge in [-0.05, 0) is 23.1 Å². The van der Waals surface area contributed by atoms with Gasteiger partial charge in [-0.25, -0.2) is 0 Å². The van der Waals surface area contributed by atoms with Crippen molar-refractivity contribution in [3.05, 3.63) is 52.1 Å². The molecule has 1 atom stereocenters. The summed E-state index contributed by atoms with van der Waals surface area (Å²) < 4.78 is 37.6. The van der Waals surface area contributed by atoms with E-state index >= 15 is 0 Å². The molecule has 0 bridgehead atoms. The first-order valence-electron chi connectivity index (χ1n) is 5.23. The van der Waals surface area contributed by atoms with Gasteiger partial charge >= 0.3 is 6.18 Å². The number of benzene rings is 2. The maximum atomic E-state index is 12.5. The molecule has 0 amide bonds. The highest BCUT2D eigenvalue weighted by Crippen LogP contribution is 2.38. The molecule has 19 heavy (non-hydrogen) atoms. The summed E-state index contributed by atoms with van der Waals surface area (Å²) in [7, 11) is 0. The summed E-state index contributed by atoms with van der Waals surface area (Å²) in [5.41, 5.74) is -0.692. The number of hydrogen-bond acceptors (Lipinski definition) is 3. The lowest BCUT2D eigenvalue weighted by atomic mass is 9.99. The van der Waals surface area contributed by atoms with Crippen molar-refractivity contribution in [2.24, 2.45) is 0 Å². The Labute approximate surface area is 105 Å². The summed E-state index contributed by atoms with van der Waals surface area (Å²) >= 11 is 0. The maximum Gasteiger partial charge on any atom is 0.418 e. The van der Waals surface area contributed by atoms with Crippen LogP contribution in [0.15, 0.2) is 36.4 Å². The fraction of sp³-hybridized carbons (Fsp3) is 0.167. The number of nitro groups is 1. The smallest absolute Gasteiger partial charge is 0.379 e. The van der Waals surface area contributed by atoms with Crippen LogP contribution in [-0.4, -0.2) is 16.2 Å². The molecule has 0 aromatic heterocycles. The molecule has 0 unspecified atom stereocenters. The van der Waals surface area contributed by atoms with Gasteiger partial charge in [-0.15, -0.1) is 0 Å². The minimum Gasteiger partial charge on any atom is -0.379 e. The molecule has 1 N–H and O–H groups in total. The van der Waals surface area contributed by atoms with Crippen LogP contribution < -0.4 is 0 Å². The molecule has 0 heterocycles. The molecule has 0 fully saturated rings. The molecular weight excluding hydrogens is 263 g/mol. The van der Waals surface area contributed by atoms with Gasteiger partial charge < -0.3 is 5.11 Å². The summed E-state index contributed by atoms with van der Waals surface area (Å²) in [6.45, 7) is 0. The van der Waals surface area contributed by atoms with E-state index in [2.05, 4.69) is 0 Å². The Morgan fingerprint density at radius 1 is 1.11 bits per heavy atom. The number of nitro benzene ring substituents is 1. The third-order valence-corrected chi connectivity index (χ3v) is 2.74. The molecule has 2 aromatic carbocycles. The van der Waals surface area contributed by atoms with Crippen molar-refractivity contribution in [3.63, 3.8) is 0 Å². The van der Waals surface area contributed by atoms with Crippen molar-refractivity contribution in [3.8, 4) is 0 Å². The fourth-order valence-corrected chi connectivity index (χ4v) is 1.88. The molecule has 7 heteroatoms. The van der Waals surface area contributed by atoms with E-state index in [1.54, 1.807) is 0 Å². The lowest BCUT2D eigenvalue weighted by Gasteiger charge is -2.16. The summed E-state index contributed by atoms with van der Waals surface area (Å²) in [5, 5.41) is 20.2. The second-order valence-corrected chi connectivity index (χ2v) is 3.92. The number of aliphatic hydroxyl groups excluding tert-OH is 1. The largest absolute Gasteiger partial charge is 0.418 e. The maximum absolute atomic E-state index is 12.5. The zero-order valence-corrected chi connectivity index (χ0v) is 9.39. The van der Waals surface area contributed by atoms with Gasteiger partial charge in [-0.3, -0.25) is 10.1 Å². The Bertz CT molecular complexity index is 640. The first-order valence-corrected chi connectivity index (χ1v) is 5.23. The zero-order chi connectivity index (χ0) is 14.2. The van der Waals surface area contributed by atoms with Crippen LogP contribution in [-0.2, 0) is 0 Å². The SMILES string of the molecule is O=[N+]([O-])c1ccc([C@H](O)C(F)(F)F)c2ccccc12. The first-order chi connectivity index (χ1) is 8.82. The summed E-state index contributed by atoms with van der Waals surface area (Å²) in [5.74, 6) is 0. The van der Waals surface area contributed by atoms with Gasteiger partial charge in [0.05, 0.1) is 10.3 Å². The Kier molecular flexibility index (Phi) is 3.15. The molecule has 2 aromatic rings. The quantitative estimate of drug-likeness (QED) is 0.673. The lowest BCUT2D eigenvalue weighted by molar-refractivity contribution is -0.383. The van der Waals surface area contributed by atoms with E-state index in [0.717, 1.165) is 12.1 Å². The standard InChI is InChI=1S/C12H8F3NO3/c13-12(14,15)11(17)9-5-6-10(16(18)19)8-4-2-1-3-7(8)9/h1-6,11,17H/t11-/m0/s1. The van der Waals surface area contributed by atoms with Crippen molar-refractivity contribution in [2.75, 3.05) is 0 Å². The van der Waals surface area contributed by atoms with E-state index in [4.69, 9.17) is 0 Å². The molecule has 0 aliphatic carbocycles. The normalized spacial score (nSPS) is 13.5. The Morgan fingerprint density at radius 3 is 2.21 bits per heavy atom. The molecule has 100 valence electrons. The van der Waals surface area contributed by atoms with Crippen LogP contribution in [0.3, 0.4) is 0 Å². The van der Waals surface area contributed by atoms with Crippen molar-refractivity contribution < 1.29 is 23.2 Å². The number of halogens is 3. The predicted molar refractivity (Wildman–Crippen MR) is 61.6 cm³/mol. The molecule has 0 aliphatic rings. The average Bonchev–Trinajstić information content (AvgIpc) is 2.35. The molecular formula is C12H8F3NO3. The number of nitrogens with zero attached hydrogens (tertiary/aromatic N) is 1. The summed E-state index contributed by atoms with van der Waals surface area (Å²) in [6.07, 6.45) is -7.49. The van der Waals surface area contributed by atoms with Crippen LogP contribution in [0.5, 0.6) is 0 Å². The molecule has 2 rings (SSSR count). The van der Waals surface area contributed by atoms with E-state index in [-0.39, 0.29) is 16.5 Å². The topological polar surface area (TPSA) is 63.4 Å². The number of fused-ring (bicyclic) bond motifs is 1. The van der Waals surface area contributed by atoms with Gasteiger partial charge in [0.15, 0.2) is 6.10 Å². The Balaban J connectivity index is 2.72. The van der Waals surface area contributed by atoms with Crippen LogP contribution in [0.1, 0.15) is 11.7 Å². The molecule has 0 spiro atoms. The third-order valence-electron chi connectivity index (χ3n) is 2.74. The van der Waals surface area contributed by atoms with E-state index in [1.807, 2.05) is 0 Å². The van der Waals surface area contributed by atoms with E-state index in [1.165, 1.54) is 24.3 Å². The summed E-state index contributed by atoms with van der Waals surface area (Å²) in [4.78, 5) is 10.1. The molecule has 0 radical (unpaired) electrons. The second kappa shape index (κ2) is 4.51. The number of non-ortho nitro benzene ring substituents is 1. The molecule has 0 saturated heterocycles. The molecule has 4 nitrogen and oxygen atoms in total. The van der Waals surface area contributed by atoms with E-state index in [0.29, 0.717) is 0 Å². The Hall–Kier alpha value is -2.15. The van der Waals surface area contributed by atoms with Crippen molar-refractivity contribution in [2.45, 2.75) is 12.3 Å². The van der Waals surface area contributed by atoms with Gasteiger partial charge in [0, 0.05) is 6.07 Å². The second-order valence-electron chi connectivity index (χ2n) is 3.92. The molecule has 0 aliphatic heterocycles. The average molecular weight is 271 g/mol. The number of aliphatic hydroxyl groups is 1. The first kappa shape index (κ1) is 13.3. The minimum atomic E-state index is -4.82. The lowest BCUT2D eigenvalue weighted by Crippen LogP contribution is -2.20. The Morgan fingerprint density at radius 2 is 1.68 bits per heavy atom. The summed E-state index contributed by atoms with van der Waals surface area (Å²) in [6, 6.07) is 7.50. The van der Waals surface area contributed by atoms with Crippen LogP contribution >= 0.6 is 0 Å². The van der Waals surface area contributed by atoms with Gasteiger partial charge in [0.2, 0.25) is 0 Å². The van der Waals surface area contributed by atoms with Crippen molar-refractivity contribution >= 4 is 16.5 Å². The number of rotatable bonds is 2. The monoisotopic (exact) mass is 271 g/mol. The van der Waals surface area contributed by atoms with E-state index < -0.39 is 22.8 Å². The third kappa shape index (κ3) is 2.37. The van der Waals surface area contributed by atoms with Crippen molar-refractivity contribution in [1.29, 1.82) is 0 Å². The minimum absolute atomic E-state index is 0.0153. The highest BCUT2D eigenvalue weighted by atomic mass is 19.4.